The number of aryl methyl sites for hydroxylation is 1. The SMILES string of the molecule is CN[C@@H](C)C(=O)N[C@H]1CN(C(=O)CCc2ccc(F)cc2)CC[C@H]2CC[C@@H](c3nc4c(-c5ccccc5)cccc4[nH]3)N2C1=O. The van der Waals surface area contributed by atoms with Gasteiger partial charge >= 0.3 is 0 Å². The number of halogens is 1. The van der Waals surface area contributed by atoms with Crippen molar-refractivity contribution >= 4 is 28.8 Å². The number of imidazole rings is 1. The Kier molecular flexibility index (Phi) is 8.93. The molecule has 9 nitrogen and oxygen atoms in total. The van der Waals surface area contributed by atoms with Gasteiger partial charge in [0.25, 0.3) is 0 Å². The van der Waals surface area contributed by atoms with Crippen molar-refractivity contribution in [2.45, 2.75) is 63.2 Å². The van der Waals surface area contributed by atoms with Crippen molar-refractivity contribution in [2.75, 3.05) is 20.1 Å². The van der Waals surface area contributed by atoms with E-state index in [1.165, 1.54) is 12.1 Å². The molecule has 45 heavy (non-hydrogen) atoms. The number of para-hydroxylation sites is 1. The van der Waals surface area contributed by atoms with Crippen LogP contribution in [0.3, 0.4) is 0 Å². The van der Waals surface area contributed by atoms with Gasteiger partial charge in [-0.2, -0.15) is 0 Å². The van der Waals surface area contributed by atoms with Crippen molar-refractivity contribution in [2.24, 2.45) is 0 Å². The molecule has 2 fully saturated rings. The van der Waals surface area contributed by atoms with Crippen LogP contribution in [0.1, 0.15) is 50.0 Å². The summed E-state index contributed by atoms with van der Waals surface area (Å²) in [5.74, 6) is -0.203. The first-order valence-electron chi connectivity index (χ1n) is 15.7. The van der Waals surface area contributed by atoms with Gasteiger partial charge in [0.2, 0.25) is 17.7 Å². The number of carbonyl (C=O) groups excluding carboxylic acids is 3. The lowest BCUT2D eigenvalue weighted by Gasteiger charge is -2.39. The average Bonchev–Trinajstić information content (AvgIpc) is 3.68. The van der Waals surface area contributed by atoms with E-state index in [-0.39, 0.29) is 48.6 Å². The molecule has 3 aromatic carbocycles. The Morgan fingerprint density at radius 3 is 2.56 bits per heavy atom. The molecule has 0 unspecified atom stereocenters. The van der Waals surface area contributed by atoms with Crippen LogP contribution in [-0.4, -0.2) is 75.8 Å². The van der Waals surface area contributed by atoms with Crippen LogP contribution in [0, 0.1) is 5.82 Å². The van der Waals surface area contributed by atoms with Gasteiger partial charge in [-0.3, -0.25) is 14.4 Å². The van der Waals surface area contributed by atoms with E-state index in [1.54, 1.807) is 31.0 Å². The third kappa shape index (κ3) is 6.47. The Morgan fingerprint density at radius 1 is 1.02 bits per heavy atom. The lowest BCUT2D eigenvalue weighted by molar-refractivity contribution is -0.144. The molecule has 0 spiro atoms. The molecule has 4 atom stereocenters. The van der Waals surface area contributed by atoms with Crippen LogP contribution >= 0.6 is 0 Å². The second kappa shape index (κ2) is 13.2. The number of hydrogen-bond donors (Lipinski definition) is 3. The van der Waals surface area contributed by atoms with Crippen molar-refractivity contribution in [1.82, 2.24) is 30.4 Å². The van der Waals surface area contributed by atoms with Gasteiger partial charge in [0.15, 0.2) is 0 Å². The van der Waals surface area contributed by atoms with Crippen molar-refractivity contribution in [3.05, 3.63) is 90.0 Å². The smallest absolute Gasteiger partial charge is 0.247 e. The van der Waals surface area contributed by atoms with Crippen LogP contribution in [0.2, 0.25) is 0 Å². The number of nitrogens with one attached hydrogen (secondary N) is 3. The third-order valence-corrected chi connectivity index (χ3v) is 9.16. The highest BCUT2D eigenvalue weighted by Gasteiger charge is 2.44. The minimum atomic E-state index is -0.907. The number of carbonyl (C=O) groups is 3. The molecule has 0 bridgehead atoms. The summed E-state index contributed by atoms with van der Waals surface area (Å²) < 4.78 is 13.4. The molecule has 234 valence electrons. The molecule has 3 N–H and O–H groups in total. The maximum absolute atomic E-state index is 14.4. The van der Waals surface area contributed by atoms with E-state index in [0.29, 0.717) is 19.4 Å². The summed E-state index contributed by atoms with van der Waals surface area (Å²) in [7, 11) is 1.69. The molecule has 4 aromatic rings. The largest absolute Gasteiger partial charge is 0.341 e. The van der Waals surface area contributed by atoms with Crippen LogP contribution < -0.4 is 10.6 Å². The Morgan fingerprint density at radius 2 is 1.80 bits per heavy atom. The van der Waals surface area contributed by atoms with Crippen LogP contribution in [0.4, 0.5) is 4.39 Å². The molecule has 1 aromatic heterocycles. The molecule has 2 aliphatic rings. The predicted molar refractivity (Wildman–Crippen MR) is 171 cm³/mol. The highest BCUT2D eigenvalue weighted by molar-refractivity contribution is 5.93. The van der Waals surface area contributed by atoms with Crippen molar-refractivity contribution in [3.63, 3.8) is 0 Å². The van der Waals surface area contributed by atoms with E-state index >= 15 is 0 Å². The van der Waals surface area contributed by atoms with Crippen LogP contribution in [-0.2, 0) is 20.8 Å². The van der Waals surface area contributed by atoms with E-state index in [0.717, 1.165) is 46.4 Å². The van der Waals surface area contributed by atoms with Gasteiger partial charge in [0.1, 0.15) is 17.7 Å². The number of H-pyrrole nitrogens is 1. The third-order valence-electron chi connectivity index (χ3n) is 9.16. The number of likely N-dealkylation sites (N-methyl/N-ethyl adjacent to an activating group) is 1. The minimum absolute atomic E-state index is 0.0808. The number of nitrogens with zero attached hydrogens (tertiary/aromatic N) is 3. The molecule has 2 aliphatic heterocycles. The minimum Gasteiger partial charge on any atom is -0.341 e. The zero-order valence-corrected chi connectivity index (χ0v) is 25.6. The standard InChI is InChI=1S/C35H39FN6O3/c1-22(37-2)34(44)39-29-21-41(31(43)18-13-23-11-14-25(36)15-12-23)20-19-26-16-17-30(42(26)35(29)45)33-38-28-10-6-9-27(32(28)40-33)24-7-4-3-5-8-24/h3-12,14-15,22,26,29-30,37H,13,16-21H2,1-2H3,(H,38,40)(H,39,44)/t22-,26+,29-,30-/m0/s1. The molecular weight excluding hydrogens is 571 g/mol. The molecular formula is C35H39FN6O3. The van der Waals surface area contributed by atoms with E-state index in [2.05, 4.69) is 33.8 Å². The molecule has 0 saturated carbocycles. The quantitative estimate of drug-likeness (QED) is 0.275. The Labute approximate surface area is 262 Å². The topological polar surface area (TPSA) is 110 Å². The van der Waals surface area contributed by atoms with Crippen molar-refractivity contribution < 1.29 is 18.8 Å². The normalized spacial score (nSPS) is 20.9. The maximum Gasteiger partial charge on any atom is 0.247 e. The number of amides is 3. The number of benzene rings is 3. The van der Waals surface area contributed by atoms with Gasteiger partial charge in [0.05, 0.1) is 23.1 Å². The lowest BCUT2D eigenvalue weighted by atomic mass is 10.0. The second-order valence-corrected chi connectivity index (χ2v) is 12.0. The van der Waals surface area contributed by atoms with Crippen molar-refractivity contribution in [1.29, 1.82) is 0 Å². The fraction of sp³-hybridized carbons (Fsp3) is 0.371. The first-order chi connectivity index (χ1) is 21.8. The average molecular weight is 611 g/mol. The summed E-state index contributed by atoms with van der Waals surface area (Å²) in [5, 5.41) is 5.86. The maximum atomic E-state index is 14.4. The van der Waals surface area contributed by atoms with E-state index in [4.69, 9.17) is 4.98 Å². The molecule has 6 rings (SSSR count). The summed E-state index contributed by atoms with van der Waals surface area (Å²) in [6, 6.07) is 20.5. The summed E-state index contributed by atoms with van der Waals surface area (Å²) in [5.41, 5.74) is 4.71. The Bertz CT molecular complexity index is 1670. The molecule has 10 heteroatoms. The summed E-state index contributed by atoms with van der Waals surface area (Å²) in [6.07, 6.45) is 2.82. The molecule has 0 aliphatic carbocycles. The lowest BCUT2D eigenvalue weighted by Crippen LogP contribution is -2.60. The van der Waals surface area contributed by atoms with Gasteiger partial charge in [-0.1, -0.05) is 54.6 Å². The van der Waals surface area contributed by atoms with E-state index in [1.807, 2.05) is 35.2 Å². The van der Waals surface area contributed by atoms with Crippen LogP contribution in [0.15, 0.2) is 72.8 Å². The summed E-state index contributed by atoms with van der Waals surface area (Å²) in [4.78, 5) is 53.0. The van der Waals surface area contributed by atoms with Gasteiger partial charge in [-0.25, -0.2) is 9.37 Å². The molecule has 3 heterocycles. The van der Waals surface area contributed by atoms with Crippen LogP contribution in [0.25, 0.3) is 22.2 Å². The number of fused-ring (bicyclic) bond motifs is 2. The van der Waals surface area contributed by atoms with Crippen molar-refractivity contribution in [3.8, 4) is 11.1 Å². The zero-order chi connectivity index (χ0) is 31.5. The van der Waals surface area contributed by atoms with Gasteiger partial charge in [0, 0.05) is 31.1 Å². The Hall–Kier alpha value is -4.57. The van der Waals surface area contributed by atoms with Gasteiger partial charge < -0.3 is 25.4 Å². The number of aromatic nitrogens is 2. The van der Waals surface area contributed by atoms with Gasteiger partial charge in [-0.15, -0.1) is 0 Å². The van der Waals surface area contributed by atoms with Gasteiger partial charge in [-0.05, 0) is 69.0 Å². The molecule has 0 radical (unpaired) electrons. The monoisotopic (exact) mass is 610 g/mol. The first-order valence-corrected chi connectivity index (χ1v) is 15.7. The number of aromatic amines is 1. The fourth-order valence-corrected chi connectivity index (χ4v) is 6.52. The second-order valence-electron chi connectivity index (χ2n) is 12.0. The van der Waals surface area contributed by atoms with E-state index < -0.39 is 12.1 Å². The number of hydrogen-bond acceptors (Lipinski definition) is 5. The highest BCUT2D eigenvalue weighted by atomic mass is 19.1. The fourth-order valence-electron chi connectivity index (χ4n) is 6.52. The van der Waals surface area contributed by atoms with Crippen LogP contribution in [0.5, 0.6) is 0 Å². The summed E-state index contributed by atoms with van der Waals surface area (Å²) in [6.45, 7) is 2.28. The predicted octanol–water partition coefficient (Wildman–Crippen LogP) is 4.36. The van der Waals surface area contributed by atoms with E-state index in [9.17, 15) is 18.8 Å². The highest BCUT2D eigenvalue weighted by Crippen LogP contribution is 2.39. The summed E-state index contributed by atoms with van der Waals surface area (Å²) >= 11 is 0. The zero-order valence-electron chi connectivity index (χ0n) is 25.6. The molecule has 2 saturated heterocycles. The Balaban J connectivity index is 1.26. The first kappa shape index (κ1) is 30.5. The number of rotatable bonds is 8. The molecule has 3 amide bonds.